The van der Waals surface area contributed by atoms with Gasteiger partial charge in [0.15, 0.2) is 5.65 Å². The Morgan fingerprint density at radius 1 is 1.36 bits per heavy atom. The Morgan fingerprint density at radius 3 is 2.96 bits per heavy atom. The van der Waals surface area contributed by atoms with Crippen LogP contribution >= 0.6 is 0 Å². The lowest BCUT2D eigenvalue weighted by Crippen LogP contribution is -2.08. The van der Waals surface area contributed by atoms with E-state index in [0.717, 1.165) is 28.0 Å². The van der Waals surface area contributed by atoms with Gasteiger partial charge in [-0.05, 0) is 32.1 Å². The largest absolute Gasteiger partial charge is 0.493 e. The molecule has 0 fully saturated rings. The Balaban J connectivity index is 1.75. The Kier molecular flexibility index (Phi) is 4.79. The highest BCUT2D eigenvalue weighted by Gasteiger charge is 2.08. The summed E-state index contributed by atoms with van der Waals surface area (Å²) in [5.41, 5.74) is 3.16. The molecule has 0 spiro atoms. The van der Waals surface area contributed by atoms with E-state index < -0.39 is 0 Å². The Bertz CT molecular complexity index is 944. The van der Waals surface area contributed by atoms with E-state index in [0.29, 0.717) is 12.3 Å². The van der Waals surface area contributed by atoms with Gasteiger partial charge < -0.3 is 10.1 Å². The molecule has 2 heterocycles. The molecule has 1 N–H and O–H groups in total. The summed E-state index contributed by atoms with van der Waals surface area (Å²) in [7, 11) is 1.85. The van der Waals surface area contributed by atoms with E-state index in [2.05, 4.69) is 15.4 Å². The standard InChI is InChI=1S/C19H20N4O2/c1-4-25-17-8-6-5-7-14(17)9-10-18(24)21-15-11-16-13(2)22-23(3)19(16)20-12-15/h5-12H,4H2,1-3H3,(H,21,24)/b10-9+. The normalized spacial score (nSPS) is 11.2. The van der Waals surface area contributed by atoms with Crippen LogP contribution in [0.4, 0.5) is 5.69 Å². The van der Waals surface area contributed by atoms with Crippen LogP contribution < -0.4 is 10.1 Å². The molecule has 6 heteroatoms. The third kappa shape index (κ3) is 3.68. The number of hydrogen-bond acceptors (Lipinski definition) is 4. The van der Waals surface area contributed by atoms with Crippen LogP contribution in [0.5, 0.6) is 5.75 Å². The molecule has 0 unspecified atom stereocenters. The van der Waals surface area contributed by atoms with Crippen LogP contribution in [0.3, 0.4) is 0 Å². The van der Waals surface area contributed by atoms with Crippen LogP contribution in [0.2, 0.25) is 0 Å². The number of benzene rings is 1. The summed E-state index contributed by atoms with van der Waals surface area (Å²) >= 11 is 0. The molecule has 3 aromatic rings. The Labute approximate surface area is 146 Å². The predicted molar refractivity (Wildman–Crippen MR) is 98.5 cm³/mol. The Hall–Kier alpha value is -3.15. The molecule has 3 rings (SSSR count). The topological polar surface area (TPSA) is 69.0 Å². The molecule has 0 aliphatic carbocycles. The first kappa shape index (κ1) is 16.7. The zero-order valence-corrected chi connectivity index (χ0v) is 14.5. The van der Waals surface area contributed by atoms with Crippen LogP contribution in [0, 0.1) is 6.92 Å². The summed E-state index contributed by atoms with van der Waals surface area (Å²) < 4.78 is 7.27. The van der Waals surface area contributed by atoms with Gasteiger partial charge in [0.05, 0.1) is 24.2 Å². The fourth-order valence-electron chi connectivity index (χ4n) is 2.63. The maximum Gasteiger partial charge on any atom is 0.248 e. The van der Waals surface area contributed by atoms with Crippen LogP contribution in [-0.2, 0) is 11.8 Å². The summed E-state index contributed by atoms with van der Waals surface area (Å²) in [5.74, 6) is 0.525. The first-order valence-electron chi connectivity index (χ1n) is 8.08. The maximum absolute atomic E-state index is 12.2. The lowest BCUT2D eigenvalue weighted by Gasteiger charge is -2.06. The highest BCUT2D eigenvalue weighted by molar-refractivity contribution is 6.02. The minimum atomic E-state index is -0.228. The van der Waals surface area contributed by atoms with E-state index in [1.165, 1.54) is 6.08 Å². The van der Waals surface area contributed by atoms with Gasteiger partial charge in [-0.15, -0.1) is 0 Å². The number of aryl methyl sites for hydroxylation is 2. The van der Waals surface area contributed by atoms with Crippen molar-refractivity contribution in [3.05, 3.63) is 53.9 Å². The van der Waals surface area contributed by atoms with Crippen molar-refractivity contribution in [1.82, 2.24) is 14.8 Å². The summed E-state index contributed by atoms with van der Waals surface area (Å²) in [4.78, 5) is 16.5. The fourth-order valence-corrected chi connectivity index (χ4v) is 2.63. The molecule has 1 amide bonds. The maximum atomic E-state index is 12.2. The molecule has 25 heavy (non-hydrogen) atoms. The second-order valence-corrected chi connectivity index (χ2v) is 5.60. The number of aromatic nitrogens is 3. The molecule has 128 valence electrons. The number of fused-ring (bicyclic) bond motifs is 1. The van der Waals surface area contributed by atoms with E-state index in [-0.39, 0.29) is 5.91 Å². The zero-order chi connectivity index (χ0) is 17.8. The average Bonchev–Trinajstić information content (AvgIpc) is 2.88. The second-order valence-electron chi connectivity index (χ2n) is 5.60. The molecular formula is C19H20N4O2. The highest BCUT2D eigenvalue weighted by atomic mass is 16.5. The molecule has 6 nitrogen and oxygen atoms in total. The van der Waals surface area contributed by atoms with Gasteiger partial charge in [-0.25, -0.2) is 4.98 Å². The van der Waals surface area contributed by atoms with Crippen molar-refractivity contribution < 1.29 is 9.53 Å². The molecule has 1 aromatic carbocycles. The van der Waals surface area contributed by atoms with Crippen molar-refractivity contribution in [3.63, 3.8) is 0 Å². The van der Waals surface area contributed by atoms with Gasteiger partial charge >= 0.3 is 0 Å². The van der Waals surface area contributed by atoms with Crippen molar-refractivity contribution in [3.8, 4) is 5.75 Å². The van der Waals surface area contributed by atoms with Gasteiger partial charge in [-0.1, -0.05) is 18.2 Å². The smallest absolute Gasteiger partial charge is 0.248 e. The third-order valence-electron chi connectivity index (χ3n) is 3.76. The number of nitrogens with one attached hydrogen (secondary N) is 1. The molecule has 0 bridgehead atoms. The minimum absolute atomic E-state index is 0.228. The number of anilines is 1. The molecule has 0 aliphatic heterocycles. The SMILES string of the molecule is CCOc1ccccc1/C=C/C(=O)Nc1cnc2c(c1)c(C)nn2C. The van der Waals surface area contributed by atoms with Crippen LogP contribution in [-0.4, -0.2) is 27.3 Å². The molecule has 0 saturated carbocycles. The second kappa shape index (κ2) is 7.17. The number of nitrogens with zero attached hydrogens (tertiary/aromatic N) is 3. The van der Waals surface area contributed by atoms with Crippen molar-refractivity contribution in [1.29, 1.82) is 0 Å². The molecular weight excluding hydrogens is 316 g/mol. The van der Waals surface area contributed by atoms with E-state index in [9.17, 15) is 4.79 Å². The summed E-state index contributed by atoms with van der Waals surface area (Å²) in [6.45, 7) is 4.42. The number of ether oxygens (including phenoxy) is 1. The van der Waals surface area contributed by atoms with Crippen LogP contribution in [0.1, 0.15) is 18.2 Å². The van der Waals surface area contributed by atoms with Crippen LogP contribution in [0.15, 0.2) is 42.6 Å². The number of hydrogen-bond donors (Lipinski definition) is 1. The van der Waals surface area contributed by atoms with Crippen LogP contribution in [0.25, 0.3) is 17.1 Å². The van der Waals surface area contributed by atoms with Gasteiger partial charge in [0.1, 0.15) is 5.75 Å². The average molecular weight is 336 g/mol. The zero-order valence-electron chi connectivity index (χ0n) is 14.5. The quantitative estimate of drug-likeness (QED) is 0.726. The molecule has 0 atom stereocenters. The number of carbonyl (C=O) groups is 1. The molecule has 0 saturated heterocycles. The lowest BCUT2D eigenvalue weighted by molar-refractivity contribution is -0.111. The summed E-state index contributed by atoms with van der Waals surface area (Å²) in [6, 6.07) is 9.47. The van der Waals surface area contributed by atoms with E-state index in [1.807, 2.05) is 51.2 Å². The first-order chi connectivity index (χ1) is 12.1. The van der Waals surface area contributed by atoms with Gasteiger partial charge in [0.25, 0.3) is 0 Å². The summed E-state index contributed by atoms with van der Waals surface area (Å²) in [5, 5.41) is 8.08. The highest BCUT2D eigenvalue weighted by Crippen LogP contribution is 2.21. The van der Waals surface area contributed by atoms with Gasteiger partial charge in [0, 0.05) is 24.1 Å². The van der Waals surface area contributed by atoms with Gasteiger partial charge in [-0.2, -0.15) is 5.10 Å². The van der Waals surface area contributed by atoms with Crippen molar-refractivity contribution in [2.24, 2.45) is 7.05 Å². The van der Waals surface area contributed by atoms with Crippen molar-refractivity contribution in [2.45, 2.75) is 13.8 Å². The van der Waals surface area contributed by atoms with Crippen molar-refractivity contribution >= 4 is 28.7 Å². The third-order valence-corrected chi connectivity index (χ3v) is 3.76. The van der Waals surface area contributed by atoms with E-state index in [1.54, 1.807) is 17.0 Å². The minimum Gasteiger partial charge on any atom is -0.493 e. The number of rotatable bonds is 5. The molecule has 0 radical (unpaired) electrons. The molecule has 0 aliphatic rings. The Morgan fingerprint density at radius 2 is 2.16 bits per heavy atom. The number of pyridine rings is 1. The monoisotopic (exact) mass is 336 g/mol. The van der Waals surface area contributed by atoms with E-state index in [4.69, 9.17) is 4.74 Å². The fraction of sp³-hybridized carbons (Fsp3) is 0.211. The number of carbonyl (C=O) groups excluding carboxylic acids is 1. The van der Waals surface area contributed by atoms with Crippen molar-refractivity contribution in [2.75, 3.05) is 11.9 Å². The van der Waals surface area contributed by atoms with E-state index >= 15 is 0 Å². The van der Waals surface area contributed by atoms with Gasteiger partial charge in [-0.3, -0.25) is 9.48 Å². The van der Waals surface area contributed by atoms with Gasteiger partial charge in [0.2, 0.25) is 5.91 Å². The predicted octanol–water partition coefficient (Wildman–Crippen LogP) is 3.33. The number of para-hydroxylation sites is 1. The number of amides is 1. The summed E-state index contributed by atoms with van der Waals surface area (Å²) in [6.07, 6.45) is 4.85. The first-order valence-corrected chi connectivity index (χ1v) is 8.08. The molecule has 2 aromatic heterocycles. The lowest BCUT2D eigenvalue weighted by atomic mass is 10.2.